The van der Waals surface area contributed by atoms with Crippen LogP contribution in [0.3, 0.4) is 0 Å². The topological polar surface area (TPSA) is 63.1 Å². The van der Waals surface area contributed by atoms with E-state index in [0.717, 1.165) is 30.7 Å². The van der Waals surface area contributed by atoms with Gasteiger partial charge in [-0.25, -0.2) is 9.97 Å². The smallest absolute Gasteiger partial charge is 0.311 e. The Labute approximate surface area is 94.7 Å². The first-order valence-electron chi connectivity index (χ1n) is 5.74. The van der Waals surface area contributed by atoms with Gasteiger partial charge in [0.2, 0.25) is 0 Å². The Morgan fingerprint density at radius 3 is 2.75 bits per heavy atom. The molecule has 0 spiro atoms. The molecule has 0 amide bonds. The number of carboxylic acid groups (broad SMARTS) is 1. The number of fused-ring (bicyclic) bond motifs is 1. The van der Waals surface area contributed by atoms with E-state index in [2.05, 4.69) is 9.97 Å². The molecule has 1 aromatic heterocycles. The third-order valence-corrected chi connectivity index (χ3v) is 3.00. The molecule has 1 aromatic rings. The van der Waals surface area contributed by atoms with E-state index in [9.17, 15) is 4.79 Å². The summed E-state index contributed by atoms with van der Waals surface area (Å²) in [5.41, 5.74) is 3.27. The highest BCUT2D eigenvalue weighted by atomic mass is 16.4. The van der Waals surface area contributed by atoms with Gasteiger partial charge >= 0.3 is 5.97 Å². The fourth-order valence-electron chi connectivity index (χ4n) is 2.24. The monoisotopic (exact) mass is 220 g/mol. The van der Waals surface area contributed by atoms with Gasteiger partial charge in [-0.05, 0) is 38.2 Å². The van der Waals surface area contributed by atoms with Crippen LogP contribution >= 0.6 is 0 Å². The van der Waals surface area contributed by atoms with Gasteiger partial charge in [-0.1, -0.05) is 6.42 Å². The van der Waals surface area contributed by atoms with Gasteiger partial charge in [0.15, 0.2) is 0 Å². The van der Waals surface area contributed by atoms with Crippen molar-refractivity contribution in [1.82, 2.24) is 9.97 Å². The van der Waals surface area contributed by atoms with E-state index in [4.69, 9.17) is 5.11 Å². The quantitative estimate of drug-likeness (QED) is 0.770. The van der Waals surface area contributed by atoms with E-state index in [0.29, 0.717) is 5.82 Å². The molecule has 1 N–H and O–H groups in total. The number of aromatic nitrogens is 2. The molecule has 0 atom stereocenters. The summed E-state index contributed by atoms with van der Waals surface area (Å²) < 4.78 is 0. The summed E-state index contributed by atoms with van der Waals surface area (Å²) >= 11 is 0. The molecule has 4 nitrogen and oxygen atoms in total. The first-order chi connectivity index (χ1) is 7.66. The zero-order chi connectivity index (χ0) is 11.5. The van der Waals surface area contributed by atoms with Crippen molar-refractivity contribution >= 4 is 5.97 Å². The van der Waals surface area contributed by atoms with Crippen LogP contribution < -0.4 is 0 Å². The van der Waals surface area contributed by atoms with Crippen molar-refractivity contribution in [3.05, 3.63) is 22.8 Å². The Bertz CT molecular complexity index is 416. The van der Waals surface area contributed by atoms with Gasteiger partial charge < -0.3 is 5.11 Å². The minimum absolute atomic E-state index is 0.0753. The number of carboxylic acids is 1. The van der Waals surface area contributed by atoms with Crippen molar-refractivity contribution < 1.29 is 9.90 Å². The van der Waals surface area contributed by atoms with Crippen LogP contribution in [0.2, 0.25) is 0 Å². The van der Waals surface area contributed by atoms with Gasteiger partial charge in [0.25, 0.3) is 0 Å². The summed E-state index contributed by atoms with van der Waals surface area (Å²) in [5, 5.41) is 8.74. The van der Waals surface area contributed by atoms with Crippen molar-refractivity contribution in [1.29, 1.82) is 0 Å². The Balaban J connectivity index is 2.35. The Morgan fingerprint density at radius 2 is 2.00 bits per heavy atom. The second-order valence-electron chi connectivity index (χ2n) is 4.28. The molecule has 0 bridgehead atoms. The molecule has 16 heavy (non-hydrogen) atoms. The van der Waals surface area contributed by atoms with E-state index in [1.165, 1.54) is 18.4 Å². The highest BCUT2D eigenvalue weighted by Crippen LogP contribution is 2.21. The van der Waals surface area contributed by atoms with Crippen molar-refractivity contribution in [3.8, 4) is 0 Å². The molecule has 0 aliphatic heterocycles. The molecular formula is C12H16N2O2. The van der Waals surface area contributed by atoms with E-state index in [-0.39, 0.29) is 6.42 Å². The number of nitrogens with zero attached hydrogens (tertiary/aromatic N) is 2. The lowest BCUT2D eigenvalue weighted by Crippen LogP contribution is -2.10. The average Bonchev–Trinajstić information content (AvgIpc) is 2.41. The largest absolute Gasteiger partial charge is 0.481 e. The molecule has 0 saturated carbocycles. The Morgan fingerprint density at radius 1 is 1.25 bits per heavy atom. The fraction of sp³-hybridized carbons (Fsp3) is 0.583. The molecule has 1 aliphatic rings. The molecule has 4 heteroatoms. The third-order valence-electron chi connectivity index (χ3n) is 3.00. The maximum atomic E-state index is 10.6. The summed E-state index contributed by atoms with van der Waals surface area (Å²) in [6.07, 6.45) is 5.49. The summed E-state index contributed by atoms with van der Waals surface area (Å²) in [6, 6.07) is 0. The summed E-state index contributed by atoms with van der Waals surface area (Å²) in [5.74, 6) is -0.418. The predicted octanol–water partition coefficient (Wildman–Crippen LogP) is 1.68. The zero-order valence-electron chi connectivity index (χ0n) is 9.49. The minimum Gasteiger partial charge on any atom is -0.481 e. The molecule has 1 heterocycles. The summed E-state index contributed by atoms with van der Waals surface area (Å²) in [7, 11) is 0. The SMILES string of the molecule is Cc1nc(CC(=O)O)nc2c1CCCCC2. The van der Waals surface area contributed by atoms with Crippen LogP contribution in [0.5, 0.6) is 0 Å². The van der Waals surface area contributed by atoms with Gasteiger partial charge in [0.05, 0.1) is 0 Å². The van der Waals surface area contributed by atoms with Gasteiger partial charge in [-0.15, -0.1) is 0 Å². The molecule has 0 aromatic carbocycles. The lowest BCUT2D eigenvalue weighted by Gasteiger charge is -2.09. The first kappa shape index (κ1) is 11.0. The lowest BCUT2D eigenvalue weighted by molar-refractivity contribution is -0.136. The molecule has 1 aliphatic carbocycles. The number of carbonyl (C=O) groups is 1. The standard InChI is InChI=1S/C12H16N2O2/c1-8-9-5-3-2-4-6-10(9)14-11(13-8)7-12(15)16/h2-7H2,1H3,(H,15,16). The lowest BCUT2D eigenvalue weighted by atomic mass is 10.1. The molecule has 0 unspecified atom stereocenters. The van der Waals surface area contributed by atoms with Crippen LogP contribution in [0.15, 0.2) is 0 Å². The number of aliphatic carboxylic acids is 1. The second kappa shape index (κ2) is 4.60. The van der Waals surface area contributed by atoms with Crippen molar-refractivity contribution in [2.75, 3.05) is 0 Å². The van der Waals surface area contributed by atoms with Gasteiger partial charge in [-0.3, -0.25) is 4.79 Å². The average molecular weight is 220 g/mol. The molecule has 0 fully saturated rings. The number of hydrogen-bond acceptors (Lipinski definition) is 3. The van der Waals surface area contributed by atoms with E-state index in [1.807, 2.05) is 6.92 Å². The number of hydrogen-bond donors (Lipinski definition) is 1. The highest BCUT2D eigenvalue weighted by Gasteiger charge is 2.15. The maximum Gasteiger partial charge on any atom is 0.311 e. The summed E-state index contributed by atoms with van der Waals surface area (Å²) in [6.45, 7) is 1.96. The predicted molar refractivity (Wildman–Crippen MR) is 59.4 cm³/mol. The van der Waals surface area contributed by atoms with Crippen LogP contribution in [0, 0.1) is 6.92 Å². The van der Waals surface area contributed by atoms with Crippen LogP contribution in [-0.4, -0.2) is 21.0 Å². The third kappa shape index (κ3) is 2.38. The fourth-order valence-corrected chi connectivity index (χ4v) is 2.24. The minimum atomic E-state index is -0.868. The van der Waals surface area contributed by atoms with Gasteiger partial charge in [-0.2, -0.15) is 0 Å². The van der Waals surface area contributed by atoms with Gasteiger partial charge in [0, 0.05) is 11.4 Å². The van der Waals surface area contributed by atoms with Crippen LogP contribution in [-0.2, 0) is 24.1 Å². The Hall–Kier alpha value is -1.45. The van der Waals surface area contributed by atoms with Crippen molar-refractivity contribution in [3.63, 3.8) is 0 Å². The molecule has 0 radical (unpaired) electrons. The van der Waals surface area contributed by atoms with Crippen molar-refractivity contribution in [2.45, 2.75) is 45.4 Å². The molecular weight excluding hydrogens is 204 g/mol. The Kier molecular flexibility index (Phi) is 3.17. The van der Waals surface area contributed by atoms with E-state index in [1.54, 1.807) is 0 Å². The molecule has 2 rings (SSSR count). The van der Waals surface area contributed by atoms with Gasteiger partial charge in [0.1, 0.15) is 12.2 Å². The van der Waals surface area contributed by atoms with Crippen LogP contribution in [0.1, 0.15) is 42.0 Å². The van der Waals surface area contributed by atoms with Crippen molar-refractivity contribution in [2.24, 2.45) is 0 Å². The van der Waals surface area contributed by atoms with E-state index >= 15 is 0 Å². The first-order valence-corrected chi connectivity index (χ1v) is 5.74. The highest BCUT2D eigenvalue weighted by molar-refractivity contribution is 5.69. The normalized spacial score (nSPS) is 15.3. The zero-order valence-corrected chi connectivity index (χ0v) is 9.49. The van der Waals surface area contributed by atoms with Crippen LogP contribution in [0.25, 0.3) is 0 Å². The maximum absolute atomic E-state index is 10.6. The molecule has 0 saturated heterocycles. The number of aryl methyl sites for hydroxylation is 2. The number of rotatable bonds is 2. The van der Waals surface area contributed by atoms with Crippen LogP contribution in [0.4, 0.5) is 0 Å². The second-order valence-corrected chi connectivity index (χ2v) is 4.28. The summed E-state index contributed by atoms with van der Waals surface area (Å²) in [4.78, 5) is 19.3. The van der Waals surface area contributed by atoms with E-state index < -0.39 is 5.97 Å². The molecule has 86 valence electrons.